The van der Waals surface area contributed by atoms with Crippen LogP contribution in [0.3, 0.4) is 0 Å². The predicted octanol–water partition coefficient (Wildman–Crippen LogP) is 0.126. The van der Waals surface area contributed by atoms with Crippen LogP contribution in [0.2, 0.25) is 0 Å². The molecule has 0 spiro atoms. The molecule has 0 unspecified atom stereocenters. The van der Waals surface area contributed by atoms with Gasteiger partial charge in [0.15, 0.2) is 0 Å². The summed E-state index contributed by atoms with van der Waals surface area (Å²) in [7, 11) is 0. The maximum Gasteiger partial charge on any atom is 0.333 e. The summed E-state index contributed by atoms with van der Waals surface area (Å²) in [6.07, 6.45) is 3.75. The molecule has 0 aromatic rings. The maximum absolute atomic E-state index is 11.1. The first-order chi connectivity index (χ1) is 8.52. The lowest BCUT2D eigenvalue weighted by molar-refractivity contribution is -0.139. The molecular weight excluding hydrogens is 234 g/mol. The number of hydrazine groups is 2. The Morgan fingerprint density at radius 2 is 2.33 bits per heavy atom. The van der Waals surface area contributed by atoms with Gasteiger partial charge in [0.05, 0.1) is 24.2 Å². The second-order valence-corrected chi connectivity index (χ2v) is 4.00. The van der Waals surface area contributed by atoms with Crippen molar-refractivity contribution in [3.63, 3.8) is 0 Å². The largest absolute Gasteiger partial charge is 0.462 e. The Kier molecular flexibility index (Phi) is 5.19. The molecule has 1 aliphatic rings. The molecule has 0 atom stereocenters. The molecule has 0 amide bonds. The zero-order valence-corrected chi connectivity index (χ0v) is 10.5. The summed E-state index contributed by atoms with van der Waals surface area (Å²) in [6.45, 7) is 5.49. The second kappa shape index (κ2) is 6.65. The van der Waals surface area contributed by atoms with E-state index in [-0.39, 0.29) is 5.97 Å². The zero-order chi connectivity index (χ0) is 13.5. The number of ether oxygens (including phenoxy) is 1. The van der Waals surface area contributed by atoms with E-state index < -0.39 is 0 Å². The van der Waals surface area contributed by atoms with Crippen molar-refractivity contribution in [1.82, 2.24) is 10.7 Å². The highest BCUT2D eigenvalue weighted by atomic mass is 16.5. The van der Waals surface area contributed by atoms with Crippen molar-refractivity contribution in [3.05, 3.63) is 23.5 Å². The highest BCUT2D eigenvalue weighted by Crippen LogP contribution is 2.12. The first-order valence-electron chi connectivity index (χ1n) is 5.67. The smallest absolute Gasteiger partial charge is 0.333 e. The number of hydrogen-bond acceptors (Lipinski definition) is 7. The lowest BCUT2D eigenvalue weighted by Crippen LogP contribution is -2.43. The van der Waals surface area contributed by atoms with Gasteiger partial charge in [-0.3, -0.25) is 0 Å². The van der Waals surface area contributed by atoms with E-state index in [9.17, 15) is 4.79 Å². The van der Waals surface area contributed by atoms with Crippen LogP contribution in [0, 0.1) is 0 Å². The Morgan fingerprint density at radius 1 is 1.61 bits per heavy atom. The fourth-order valence-electron chi connectivity index (χ4n) is 1.38. The first-order valence-corrected chi connectivity index (χ1v) is 5.67. The molecule has 0 aliphatic carbocycles. The number of nitrogens with two attached hydrogens (primary N) is 2. The molecule has 1 rings (SSSR count). The number of hydrazone groups is 1. The Labute approximate surface area is 106 Å². The molecule has 0 aromatic carbocycles. The molecule has 0 aromatic heterocycles. The van der Waals surface area contributed by atoms with Crippen molar-refractivity contribution in [2.24, 2.45) is 16.7 Å². The summed E-state index contributed by atoms with van der Waals surface area (Å²) in [5, 5.41) is 5.03. The number of nitrogens with one attached hydrogen (secondary N) is 1. The van der Waals surface area contributed by atoms with E-state index in [1.807, 2.05) is 0 Å². The van der Waals surface area contributed by atoms with Gasteiger partial charge in [-0.1, -0.05) is 6.58 Å². The molecule has 7 nitrogen and oxygen atoms in total. The topological polar surface area (TPSA) is 106 Å². The van der Waals surface area contributed by atoms with Crippen molar-refractivity contribution in [2.45, 2.75) is 26.2 Å². The number of esters is 1. The maximum atomic E-state index is 11.1. The van der Waals surface area contributed by atoms with Crippen LogP contribution >= 0.6 is 0 Å². The van der Waals surface area contributed by atoms with Crippen LogP contribution in [0.5, 0.6) is 0 Å². The van der Waals surface area contributed by atoms with Crippen molar-refractivity contribution >= 4 is 12.2 Å². The molecular formula is C11H19N5O2. The minimum Gasteiger partial charge on any atom is -0.462 e. The summed E-state index contributed by atoms with van der Waals surface area (Å²) in [5.41, 5.74) is 10.0. The number of carbonyl (C=O) groups excluding carboxylic acids is 1. The van der Waals surface area contributed by atoms with Crippen molar-refractivity contribution in [1.29, 1.82) is 0 Å². The van der Waals surface area contributed by atoms with Gasteiger partial charge < -0.3 is 10.5 Å². The molecule has 0 bridgehead atoms. The van der Waals surface area contributed by atoms with Gasteiger partial charge in [0.1, 0.15) is 0 Å². The second-order valence-electron chi connectivity index (χ2n) is 4.00. The van der Waals surface area contributed by atoms with Gasteiger partial charge in [0.25, 0.3) is 0 Å². The fraction of sp³-hybridized carbons (Fsp3) is 0.455. The average Bonchev–Trinajstić information content (AvgIpc) is 2.31. The SMILES string of the molecule is C=C(C)C(=O)OCCCCC1=C(N)C=NNN1N. The van der Waals surface area contributed by atoms with Gasteiger partial charge in [-0.2, -0.15) is 5.10 Å². The van der Waals surface area contributed by atoms with E-state index in [1.54, 1.807) is 6.92 Å². The van der Waals surface area contributed by atoms with Crippen LogP contribution in [-0.4, -0.2) is 23.9 Å². The lowest BCUT2D eigenvalue weighted by Gasteiger charge is -2.24. The molecule has 1 aliphatic heterocycles. The number of nitrogens with zero attached hydrogens (tertiary/aromatic N) is 2. The minimum atomic E-state index is -0.361. The molecule has 7 heteroatoms. The van der Waals surface area contributed by atoms with E-state index in [2.05, 4.69) is 17.2 Å². The zero-order valence-electron chi connectivity index (χ0n) is 10.5. The third kappa shape index (κ3) is 4.10. The van der Waals surface area contributed by atoms with Gasteiger partial charge in [-0.25, -0.2) is 21.3 Å². The summed E-state index contributed by atoms with van der Waals surface area (Å²) < 4.78 is 4.97. The quantitative estimate of drug-likeness (QED) is 0.269. The van der Waals surface area contributed by atoms with Gasteiger partial charge in [-0.15, -0.1) is 0 Å². The van der Waals surface area contributed by atoms with Gasteiger partial charge in [-0.05, 0) is 26.2 Å². The van der Waals surface area contributed by atoms with Crippen LogP contribution in [0.4, 0.5) is 0 Å². The summed E-state index contributed by atoms with van der Waals surface area (Å²) >= 11 is 0. The Hall–Kier alpha value is -2.02. The Bertz CT molecular complexity index is 389. The Balaban J connectivity index is 2.24. The minimum absolute atomic E-state index is 0.361. The van der Waals surface area contributed by atoms with Crippen LogP contribution in [0.1, 0.15) is 26.2 Å². The third-order valence-corrected chi connectivity index (χ3v) is 2.38. The van der Waals surface area contributed by atoms with E-state index in [0.717, 1.165) is 18.5 Å². The molecule has 5 N–H and O–H groups in total. The predicted molar refractivity (Wildman–Crippen MR) is 68.5 cm³/mol. The molecule has 0 fully saturated rings. The van der Waals surface area contributed by atoms with E-state index in [0.29, 0.717) is 24.3 Å². The lowest BCUT2D eigenvalue weighted by atomic mass is 10.1. The molecule has 100 valence electrons. The van der Waals surface area contributed by atoms with Crippen LogP contribution in [0.15, 0.2) is 28.6 Å². The highest BCUT2D eigenvalue weighted by molar-refractivity contribution is 5.86. The van der Waals surface area contributed by atoms with Gasteiger partial charge in [0, 0.05) is 5.57 Å². The number of rotatable bonds is 6. The number of allylic oxidation sites excluding steroid dienone is 2. The monoisotopic (exact) mass is 253 g/mol. The van der Waals surface area contributed by atoms with E-state index in [1.165, 1.54) is 11.3 Å². The highest BCUT2D eigenvalue weighted by Gasteiger charge is 2.12. The van der Waals surface area contributed by atoms with Crippen LogP contribution in [-0.2, 0) is 9.53 Å². The summed E-state index contributed by atoms with van der Waals surface area (Å²) in [5.74, 6) is 5.29. The third-order valence-electron chi connectivity index (χ3n) is 2.38. The number of unbranched alkanes of at least 4 members (excludes halogenated alkanes) is 1. The molecule has 1 heterocycles. The molecule has 0 radical (unpaired) electrons. The van der Waals surface area contributed by atoms with Gasteiger partial charge >= 0.3 is 5.97 Å². The standard InChI is InChI=1S/C11H19N5O2/c1-8(2)11(17)18-6-4-3-5-10-9(12)7-14-15-16(10)13/h7,15H,1,3-6,12-13H2,2H3. The van der Waals surface area contributed by atoms with Crippen molar-refractivity contribution in [3.8, 4) is 0 Å². The summed E-state index contributed by atoms with van der Waals surface area (Å²) in [6, 6.07) is 0. The average molecular weight is 253 g/mol. The van der Waals surface area contributed by atoms with Crippen molar-refractivity contribution < 1.29 is 9.53 Å². The summed E-state index contributed by atoms with van der Waals surface area (Å²) in [4.78, 5) is 11.1. The van der Waals surface area contributed by atoms with Crippen LogP contribution < -0.4 is 17.1 Å². The molecule has 0 saturated carbocycles. The normalized spacial score (nSPS) is 14.4. The van der Waals surface area contributed by atoms with Gasteiger partial charge in [0.2, 0.25) is 0 Å². The van der Waals surface area contributed by atoms with E-state index in [4.69, 9.17) is 16.3 Å². The molecule has 18 heavy (non-hydrogen) atoms. The van der Waals surface area contributed by atoms with E-state index >= 15 is 0 Å². The first kappa shape index (κ1) is 14.0. The Morgan fingerprint density at radius 3 is 2.94 bits per heavy atom. The fourth-order valence-corrected chi connectivity index (χ4v) is 1.38. The van der Waals surface area contributed by atoms with Crippen molar-refractivity contribution in [2.75, 3.05) is 6.61 Å². The molecule has 0 saturated heterocycles. The number of hydrogen-bond donors (Lipinski definition) is 3. The van der Waals surface area contributed by atoms with Crippen LogP contribution in [0.25, 0.3) is 0 Å². The number of carbonyl (C=O) groups is 1.